The molecule has 14 heteroatoms. The summed E-state index contributed by atoms with van der Waals surface area (Å²) in [6.45, 7) is 4.72. The summed E-state index contributed by atoms with van der Waals surface area (Å²) < 4.78 is 41.5. The summed E-state index contributed by atoms with van der Waals surface area (Å²) in [4.78, 5) is 48.3. The molecule has 1 aromatic heterocycles. The van der Waals surface area contributed by atoms with Crippen molar-refractivity contribution in [2.45, 2.75) is 76.2 Å². The molecular formula is C32H40BrF3N6O3S. The number of carbonyl (C=O) groups is 3. The molecule has 0 spiro atoms. The second-order valence-electron chi connectivity index (χ2n) is 12.9. The number of alkyl halides is 3. The molecule has 9 nitrogen and oxygen atoms in total. The molecule has 5 heterocycles. The molecule has 4 aliphatic heterocycles. The number of amides is 4. The van der Waals surface area contributed by atoms with Gasteiger partial charge in [0.25, 0.3) is 0 Å². The summed E-state index contributed by atoms with van der Waals surface area (Å²) in [7, 11) is 0. The van der Waals surface area contributed by atoms with Crippen LogP contribution in [0.3, 0.4) is 0 Å². The minimum atomic E-state index is -4.66. The maximum atomic E-state index is 14.0. The third-order valence-corrected chi connectivity index (χ3v) is 11.5. The second-order valence-corrected chi connectivity index (χ2v) is 14.7. The monoisotopic (exact) mass is 724 g/mol. The number of hydrogen-bond donors (Lipinski definition) is 2. The first kappa shape index (κ1) is 33.1. The highest BCUT2D eigenvalue weighted by Gasteiger charge is 2.38. The van der Waals surface area contributed by atoms with Crippen molar-refractivity contribution in [3.63, 3.8) is 0 Å². The summed E-state index contributed by atoms with van der Waals surface area (Å²) in [6.07, 6.45) is 0.549. The number of thiophene rings is 1. The van der Waals surface area contributed by atoms with Gasteiger partial charge in [-0.1, -0.05) is 0 Å². The molecule has 2 aromatic rings. The van der Waals surface area contributed by atoms with Gasteiger partial charge in [-0.2, -0.15) is 13.2 Å². The first-order valence-electron chi connectivity index (χ1n) is 16.1. The van der Waals surface area contributed by atoms with Crippen LogP contribution in [0.1, 0.15) is 61.6 Å². The number of piperidine rings is 2. The van der Waals surface area contributed by atoms with E-state index in [4.69, 9.17) is 5.73 Å². The van der Waals surface area contributed by atoms with Gasteiger partial charge in [0.15, 0.2) is 0 Å². The summed E-state index contributed by atoms with van der Waals surface area (Å²) in [5, 5.41) is 5.78. The largest absolute Gasteiger partial charge is 0.418 e. The van der Waals surface area contributed by atoms with Gasteiger partial charge in [0.05, 0.1) is 23.7 Å². The molecule has 1 atom stereocenters. The van der Waals surface area contributed by atoms with Crippen molar-refractivity contribution in [1.29, 1.82) is 0 Å². The number of halogens is 4. The minimum absolute atomic E-state index is 0.00796. The van der Waals surface area contributed by atoms with E-state index in [1.165, 1.54) is 30.2 Å². The number of benzene rings is 1. The van der Waals surface area contributed by atoms with Gasteiger partial charge in [-0.3, -0.25) is 14.9 Å². The summed E-state index contributed by atoms with van der Waals surface area (Å²) in [5.74, 6) is -1.20. The van der Waals surface area contributed by atoms with E-state index >= 15 is 0 Å². The van der Waals surface area contributed by atoms with Crippen molar-refractivity contribution in [1.82, 2.24) is 19.6 Å². The average molecular weight is 726 g/mol. The number of urea groups is 1. The Hall–Kier alpha value is -2.84. The first-order chi connectivity index (χ1) is 22.0. The zero-order chi connectivity index (χ0) is 32.6. The van der Waals surface area contributed by atoms with Gasteiger partial charge >= 0.3 is 12.2 Å². The molecule has 0 aliphatic carbocycles. The lowest BCUT2D eigenvalue weighted by molar-refractivity contribution is -0.143. The summed E-state index contributed by atoms with van der Waals surface area (Å²) in [5.41, 5.74) is 5.76. The first-order valence-corrected chi connectivity index (χ1v) is 17.7. The van der Waals surface area contributed by atoms with E-state index in [2.05, 4.69) is 26.1 Å². The predicted molar refractivity (Wildman–Crippen MR) is 174 cm³/mol. The molecule has 6 rings (SSSR count). The Bertz CT molecular complexity index is 1450. The molecule has 0 unspecified atom stereocenters. The number of nitrogens with one attached hydrogen (secondary N) is 1. The van der Waals surface area contributed by atoms with Gasteiger partial charge in [-0.25, -0.2) is 4.79 Å². The fraction of sp³-hybridized carbons (Fsp3) is 0.594. The molecule has 0 saturated carbocycles. The topological polar surface area (TPSA) is 102 Å². The normalized spacial score (nSPS) is 21.0. The number of carbonyl (C=O) groups excluding carboxylic acids is 3. The molecule has 250 valence electrons. The van der Waals surface area contributed by atoms with E-state index in [0.717, 1.165) is 42.6 Å². The predicted octanol–water partition coefficient (Wildman–Crippen LogP) is 5.79. The maximum absolute atomic E-state index is 14.0. The van der Waals surface area contributed by atoms with E-state index < -0.39 is 23.3 Å². The number of likely N-dealkylation sites (tertiary alicyclic amines) is 3. The van der Waals surface area contributed by atoms with Crippen LogP contribution in [0.5, 0.6) is 0 Å². The Labute approximate surface area is 279 Å². The van der Waals surface area contributed by atoms with Crippen LogP contribution in [0, 0.1) is 5.92 Å². The van der Waals surface area contributed by atoms with Crippen LogP contribution in [0.15, 0.2) is 28.1 Å². The van der Waals surface area contributed by atoms with Gasteiger partial charge < -0.3 is 25.3 Å². The van der Waals surface area contributed by atoms with Crippen molar-refractivity contribution in [2.24, 2.45) is 5.92 Å². The van der Waals surface area contributed by atoms with Crippen LogP contribution in [0.4, 0.5) is 28.7 Å². The number of nitrogens with two attached hydrogens (primary N) is 1. The van der Waals surface area contributed by atoms with Gasteiger partial charge in [0.1, 0.15) is 5.00 Å². The van der Waals surface area contributed by atoms with Crippen molar-refractivity contribution in [3.8, 4) is 0 Å². The van der Waals surface area contributed by atoms with Crippen molar-refractivity contribution >= 4 is 55.8 Å². The lowest BCUT2D eigenvalue weighted by Crippen LogP contribution is -2.51. The lowest BCUT2D eigenvalue weighted by atomic mass is 9.91. The third kappa shape index (κ3) is 7.18. The fourth-order valence-corrected chi connectivity index (χ4v) is 8.74. The molecule has 3 N–H and O–H groups in total. The van der Waals surface area contributed by atoms with Crippen LogP contribution in [0.2, 0.25) is 0 Å². The molecular weight excluding hydrogens is 685 g/mol. The van der Waals surface area contributed by atoms with Gasteiger partial charge in [-0.05, 0) is 103 Å². The number of nitrogen functional groups attached to an aromatic ring is 1. The Morgan fingerprint density at radius 3 is 2.33 bits per heavy atom. The van der Waals surface area contributed by atoms with E-state index in [-0.39, 0.29) is 41.2 Å². The van der Waals surface area contributed by atoms with Gasteiger partial charge in [-0.15, -0.1) is 11.3 Å². The minimum Gasteiger partial charge on any atom is -0.397 e. The number of anilines is 2. The highest BCUT2D eigenvalue weighted by molar-refractivity contribution is 9.10. The SMILES string of the molecule is Nc1c(Br)cc(C[C@@H](CC(=O)N2CCC(N3Cc4ccsc4NC3=O)CC2)C(=O)N2CCC(N3CCCC3)CC2)cc1C(F)(F)F. The lowest BCUT2D eigenvalue weighted by Gasteiger charge is -2.40. The zero-order valence-electron chi connectivity index (χ0n) is 25.7. The third-order valence-electron chi connectivity index (χ3n) is 10.0. The van der Waals surface area contributed by atoms with E-state index in [1.807, 2.05) is 16.3 Å². The maximum Gasteiger partial charge on any atom is 0.418 e. The van der Waals surface area contributed by atoms with E-state index in [9.17, 15) is 27.6 Å². The van der Waals surface area contributed by atoms with Crippen molar-refractivity contribution < 1.29 is 27.6 Å². The van der Waals surface area contributed by atoms with E-state index in [0.29, 0.717) is 57.2 Å². The van der Waals surface area contributed by atoms with Gasteiger partial charge in [0.2, 0.25) is 11.8 Å². The standard InChI is InChI=1S/C32H40BrF3N6O3S/c33-26-17-20(16-25(28(26)37)32(34,35)36)15-22(30(44)41-12-3-23(4-13-41)39-8-1-2-9-39)18-27(43)40-10-5-24(6-11-40)42-19-21-7-14-46-29(21)38-31(42)45/h7,14,16-17,22-24H,1-6,8-13,15,18-19,37H2,(H,38,45)/t22-/m0/s1. The summed E-state index contributed by atoms with van der Waals surface area (Å²) >= 11 is 4.66. The highest BCUT2D eigenvalue weighted by atomic mass is 79.9. The zero-order valence-corrected chi connectivity index (χ0v) is 28.1. The second kappa shape index (κ2) is 13.7. The number of hydrogen-bond acceptors (Lipinski definition) is 6. The number of nitrogens with zero attached hydrogens (tertiary/aromatic N) is 4. The van der Waals surface area contributed by atoms with Crippen LogP contribution < -0.4 is 11.1 Å². The Morgan fingerprint density at radius 1 is 1.00 bits per heavy atom. The van der Waals surface area contributed by atoms with Crippen LogP contribution in [-0.4, -0.2) is 88.8 Å². The Balaban J connectivity index is 1.13. The van der Waals surface area contributed by atoms with Crippen LogP contribution in [-0.2, 0) is 28.7 Å². The van der Waals surface area contributed by atoms with Crippen molar-refractivity contribution in [3.05, 3.63) is 44.7 Å². The Kier molecular flexibility index (Phi) is 9.86. The quantitative estimate of drug-likeness (QED) is 0.353. The number of rotatable bonds is 7. The molecule has 4 amide bonds. The van der Waals surface area contributed by atoms with Gasteiger partial charge in [0, 0.05) is 54.7 Å². The molecule has 1 aromatic carbocycles. The molecule has 3 fully saturated rings. The van der Waals surface area contributed by atoms with Crippen LogP contribution in [0.25, 0.3) is 0 Å². The molecule has 0 radical (unpaired) electrons. The molecule has 0 bridgehead atoms. The van der Waals surface area contributed by atoms with E-state index in [1.54, 1.807) is 9.80 Å². The molecule has 3 saturated heterocycles. The van der Waals surface area contributed by atoms with Crippen LogP contribution >= 0.6 is 27.3 Å². The smallest absolute Gasteiger partial charge is 0.397 e. The fourth-order valence-electron chi connectivity index (χ4n) is 7.43. The average Bonchev–Trinajstić information content (AvgIpc) is 3.74. The Morgan fingerprint density at radius 2 is 1.65 bits per heavy atom. The van der Waals surface area contributed by atoms with Crippen molar-refractivity contribution in [2.75, 3.05) is 50.3 Å². The number of fused-ring (bicyclic) bond motifs is 1. The highest BCUT2D eigenvalue weighted by Crippen LogP contribution is 2.39. The molecule has 4 aliphatic rings. The summed E-state index contributed by atoms with van der Waals surface area (Å²) in [6, 6.07) is 4.81. The molecule has 46 heavy (non-hydrogen) atoms.